The van der Waals surface area contributed by atoms with Crippen molar-refractivity contribution in [3.05, 3.63) is 29.8 Å². The van der Waals surface area contributed by atoms with Gasteiger partial charge < -0.3 is 14.8 Å². The summed E-state index contributed by atoms with van der Waals surface area (Å²) in [4.78, 5) is 23.4. The van der Waals surface area contributed by atoms with Crippen LogP contribution in [0.2, 0.25) is 0 Å². The summed E-state index contributed by atoms with van der Waals surface area (Å²) in [5.74, 6) is -0.291. The number of benzene rings is 1. The number of esters is 1. The van der Waals surface area contributed by atoms with Crippen molar-refractivity contribution >= 4 is 11.9 Å². The largest absolute Gasteiger partial charge is 0.482 e. The highest BCUT2D eigenvalue weighted by Gasteiger charge is 2.19. The van der Waals surface area contributed by atoms with Crippen LogP contribution in [0, 0.1) is 0 Å². The fourth-order valence-electron chi connectivity index (χ4n) is 1.88. The van der Waals surface area contributed by atoms with Crippen molar-refractivity contribution in [3.8, 4) is 5.75 Å². The molecule has 134 valence electrons. The van der Waals surface area contributed by atoms with Gasteiger partial charge in [0.25, 0.3) is 5.91 Å². The van der Waals surface area contributed by atoms with E-state index in [2.05, 4.69) is 26.1 Å². The van der Waals surface area contributed by atoms with Gasteiger partial charge in [-0.2, -0.15) is 0 Å². The van der Waals surface area contributed by atoms with E-state index in [9.17, 15) is 9.59 Å². The molecule has 5 nitrogen and oxygen atoms in total. The van der Waals surface area contributed by atoms with Crippen molar-refractivity contribution in [1.29, 1.82) is 0 Å². The molecule has 0 radical (unpaired) electrons. The number of ether oxygens (including phenoxy) is 2. The van der Waals surface area contributed by atoms with Gasteiger partial charge in [0, 0.05) is 5.54 Å². The van der Waals surface area contributed by atoms with E-state index in [1.165, 1.54) is 5.56 Å². The van der Waals surface area contributed by atoms with Gasteiger partial charge in [0.1, 0.15) is 5.75 Å². The van der Waals surface area contributed by atoms with Gasteiger partial charge in [-0.25, -0.2) is 4.79 Å². The van der Waals surface area contributed by atoms with Gasteiger partial charge in [0.2, 0.25) is 0 Å². The monoisotopic (exact) mass is 335 g/mol. The molecule has 0 aliphatic carbocycles. The summed E-state index contributed by atoms with van der Waals surface area (Å²) in [6.45, 7) is 11.7. The quantitative estimate of drug-likeness (QED) is 0.777. The lowest BCUT2D eigenvalue weighted by Crippen LogP contribution is -2.44. The Morgan fingerprint density at radius 3 is 2.08 bits per heavy atom. The van der Waals surface area contributed by atoms with E-state index in [1.807, 2.05) is 45.0 Å². The summed E-state index contributed by atoms with van der Waals surface area (Å²) >= 11 is 0. The molecule has 0 fully saturated rings. The van der Waals surface area contributed by atoms with Gasteiger partial charge in [-0.05, 0) is 43.4 Å². The number of nitrogens with one attached hydrogen (secondary N) is 1. The lowest BCUT2D eigenvalue weighted by Gasteiger charge is -2.24. The average Bonchev–Trinajstić information content (AvgIpc) is 2.50. The molecule has 0 saturated carbocycles. The van der Waals surface area contributed by atoms with E-state index < -0.39 is 5.97 Å². The second-order valence-corrected chi connectivity index (χ2v) is 7.51. The van der Waals surface area contributed by atoms with Crippen LogP contribution < -0.4 is 10.1 Å². The Morgan fingerprint density at radius 1 is 1.00 bits per heavy atom. The molecule has 0 bridgehead atoms. The van der Waals surface area contributed by atoms with Crippen molar-refractivity contribution in [2.75, 3.05) is 13.2 Å². The summed E-state index contributed by atoms with van der Waals surface area (Å²) in [5, 5.41) is 2.80. The molecule has 0 heterocycles. The van der Waals surface area contributed by atoms with Crippen LogP contribution >= 0.6 is 0 Å². The molecule has 1 amide bonds. The van der Waals surface area contributed by atoms with Gasteiger partial charge in [0.15, 0.2) is 13.2 Å². The van der Waals surface area contributed by atoms with Crippen LogP contribution in [-0.2, 0) is 19.7 Å². The predicted molar refractivity (Wildman–Crippen MR) is 94.1 cm³/mol. The van der Waals surface area contributed by atoms with E-state index in [0.717, 1.165) is 6.42 Å². The third-order valence-corrected chi connectivity index (χ3v) is 3.80. The number of hydrogen-bond acceptors (Lipinski definition) is 4. The normalized spacial score (nSPS) is 11.8. The van der Waals surface area contributed by atoms with E-state index in [4.69, 9.17) is 9.47 Å². The summed E-state index contributed by atoms with van der Waals surface area (Å²) in [6, 6.07) is 7.59. The highest BCUT2D eigenvalue weighted by Crippen LogP contribution is 2.24. The second kappa shape index (κ2) is 8.18. The van der Waals surface area contributed by atoms with Crippen LogP contribution in [-0.4, -0.2) is 30.6 Å². The third-order valence-electron chi connectivity index (χ3n) is 3.80. The Labute approximate surface area is 144 Å². The highest BCUT2D eigenvalue weighted by atomic mass is 16.6. The first-order chi connectivity index (χ1) is 11.0. The Morgan fingerprint density at radius 2 is 1.58 bits per heavy atom. The maximum absolute atomic E-state index is 11.7. The minimum atomic E-state index is -0.570. The van der Waals surface area contributed by atoms with Gasteiger partial charge >= 0.3 is 5.97 Å². The Kier molecular flexibility index (Phi) is 6.81. The van der Waals surface area contributed by atoms with Crippen molar-refractivity contribution in [2.24, 2.45) is 0 Å². The van der Waals surface area contributed by atoms with Gasteiger partial charge in [-0.1, -0.05) is 39.8 Å². The van der Waals surface area contributed by atoms with Crippen LogP contribution in [0.5, 0.6) is 5.75 Å². The molecule has 0 aromatic heterocycles. The summed E-state index contributed by atoms with van der Waals surface area (Å²) in [7, 11) is 0. The van der Waals surface area contributed by atoms with Crippen molar-refractivity contribution in [2.45, 2.75) is 58.9 Å². The van der Waals surface area contributed by atoms with E-state index >= 15 is 0 Å². The molecule has 0 aliphatic rings. The second-order valence-electron chi connectivity index (χ2n) is 7.51. The van der Waals surface area contributed by atoms with Crippen LogP contribution in [0.15, 0.2) is 24.3 Å². The zero-order valence-corrected chi connectivity index (χ0v) is 15.6. The number of hydrogen-bond donors (Lipinski definition) is 1. The lowest BCUT2D eigenvalue weighted by molar-refractivity contribution is -0.150. The summed E-state index contributed by atoms with van der Waals surface area (Å²) in [5.41, 5.74) is 0.943. The molecule has 0 atom stereocenters. The first kappa shape index (κ1) is 20.0. The molecule has 1 aromatic carbocycles. The SMILES string of the molecule is CCC(C)(C)NC(=O)COC(=O)COc1ccc(C(C)(C)C)cc1. The molecule has 0 spiro atoms. The minimum Gasteiger partial charge on any atom is -0.482 e. The zero-order chi connectivity index (χ0) is 18.4. The summed E-state index contributed by atoms with van der Waals surface area (Å²) in [6.07, 6.45) is 0.792. The Balaban J connectivity index is 2.37. The van der Waals surface area contributed by atoms with Crippen molar-refractivity contribution < 1.29 is 19.1 Å². The predicted octanol–water partition coefficient (Wildman–Crippen LogP) is 3.21. The van der Waals surface area contributed by atoms with E-state index in [1.54, 1.807) is 0 Å². The molecule has 1 rings (SSSR count). The van der Waals surface area contributed by atoms with Crippen LogP contribution in [0.4, 0.5) is 0 Å². The fourth-order valence-corrected chi connectivity index (χ4v) is 1.88. The molecule has 0 saturated heterocycles. The van der Waals surface area contributed by atoms with E-state index in [-0.39, 0.29) is 30.1 Å². The maximum atomic E-state index is 11.7. The first-order valence-electron chi connectivity index (χ1n) is 8.23. The van der Waals surface area contributed by atoms with Gasteiger partial charge in [-0.3, -0.25) is 4.79 Å². The number of rotatable bonds is 7. The molecule has 5 heteroatoms. The topological polar surface area (TPSA) is 64.6 Å². The zero-order valence-electron chi connectivity index (χ0n) is 15.6. The highest BCUT2D eigenvalue weighted by molar-refractivity contribution is 5.81. The molecule has 24 heavy (non-hydrogen) atoms. The van der Waals surface area contributed by atoms with Crippen LogP contribution in [0.1, 0.15) is 53.5 Å². The Hall–Kier alpha value is -2.04. The van der Waals surface area contributed by atoms with Crippen LogP contribution in [0.3, 0.4) is 0 Å². The third kappa shape index (κ3) is 7.02. The first-order valence-corrected chi connectivity index (χ1v) is 8.23. The molecule has 1 N–H and O–H groups in total. The maximum Gasteiger partial charge on any atom is 0.344 e. The number of carbonyl (C=O) groups excluding carboxylic acids is 2. The van der Waals surface area contributed by atoms with Crippen molar-refractivity contribution in [1.82, 2.24) is 5.32 Å². The minimum absolute atomic E-state index is 0.0666. The summed E-state index contributed by atoms with van der Waals surface area (Å²) < 4.78 is 10.3. The molecular weight excluding hydrogens is 306 g/mol. The molecule has 1 aromatic rings. The van der Waals surface area contributed by atoms with Crippen molar-refractivity contribution in [3.63, 3.8) is 0 Å². The molecular formula is C19H29NO4. The average molecular weight is 335 g/mol. The standard InChI is InChI=1S/C19H29NO4/c1-7-19(5,6)20-16(21)12-24-17(22)13-23-15-10-8-14(9-11-15)18(2,3)4/h8-11H,7,12-13H2,1-6H3,(H,20,21). The van der Waals surface area contributed by atoms with E-state index in [0.29, 0.717) is 5.75 Å². The number of carbonyl (C=O) groups is 2. The number of amides is 1. The smallest absolute Gasteiger partial charge is 0.344 e. The molecule has 0 unspecified atom stereocenters. The lowest BCUT2D eigenvalue weighted by atomic mass is 9.87. The van der Waals surface area contributed by atoms with Gasteiger partial charge in [-0.15, -0.1) is 0 Å². The Bertz CT molecular complexity index is 556. The van der Waals surface area contributed by atoms with Crippen LogP contribution in [0.25, 0.3) is 0 Å². The fraction of sp³-hybridized carbons (Fsp3) is 0.579. The van der Waals surface area contributed by atoms with Gasteiger partial charge in [0.05, 0.1) is 0 Å². The molecule has 0 aliphatic heterocycles.